The van der Waals surface area contributed by atoms with Crippen LogP contribution in [0.3, 0.4) is 0 Å². The van der Waals surface area contributed by atoms with Crippen molar-refractivity contribution in [2.24, 2.45) is 16.3 Å². The lowest BCUT2D eigenvalue weighted by Crippen LogP contribution is -2.53. The Morgan fingerprint density at radius 2 is 1.93 bits per heavy atom. The molecule has 15 nitrogen and oxygen atoms in total. The molecule has 7 atom stereocenters. The van der Waals surface area contributed by atoms with Gasteiger partial charge in [0, 0.05) is 28.8 Å². The fourth-order valence-corrected chi connectivity index (χ4v) is 5.55. The Morgan fingerprint density at radius 1 is 1.25 bits per heavy atom. The van der Waals surface area contributed by atoms with Gasteiger partial charge >= 0.3 is 12.1 Å². The van der Waals surface area contributed by atoms with Crippen molar-refractivity contribution in [1.29, 1.82) is 0 Å². The van der Waals surface area contributed by atoms with E-state index < -0.39 is 67.4 Å². The molecule has 2 fully saturated rings. The molecule has 40 heavy (non-hydrogen) atoms. The number of nitrogens with two attached hydrogens (primary N) is 1. The van der Waals surface area contributed by atoms with Crippen LogP contribution in [0.2, 0.25) is 0 Å². The summed E-state index contributed by atoms with van der Waals surface area (Å²) >= 11 is 1.29. The summed E-state index contributed by atoms with van der Waals surface area (Å²) in [5.74, 6) is -1.69. The number of oxime groups is 1. The molecule has 4 unspecified atom stereocenters. The molecule has 8 N–H and O–H groups in total. The molecule has 3 rings (SSSR count). The maximum Gasteiger partial charge on any atom is 0.407 e. The summed E-state index contributed by atoms with van der Waals surface area (Å²) in [6.45, 7) is 3.05. The predicted octanol–water partition coefficient (Wildman–Crippen LogP) is -1.63. The summed E-state index contributed by atoms with van der Waals surface area (Å²) in [6.07, 6.45) is -7.23. The summed E-state index contributed by atoms with van der Waals surface area (Å²) < 4.78 is 0. The van der Waals surface area contributed by atoms with Crippen LogP contribution in [0.5, 0.6) is 0 Å². The number of hydrogen-bond donors (Lipinski definition) is 7. The number of carbonyl (C=O) groups is 4. The van der Waals surface area contributed by atoms with Crippen molar-refractivity contribution in [3.05, 3.63) is 21.9 Å². The van der Waals surface area contributed by atoms with E-state index in [4.69, 9.17) is 5.73 Å². The van der Waals surface area contributed by atoms with Gasteiger partial charge in [-0.1, -0.05) is 12.1 Å². The van der Waals surface area contributed by atoms with Gasteiger partial charge in [-0.15, -0.1) is 11.3 Å². The first kappa shape index (κ1) is 31.2. The van der Waals surface area contributed by atoms with Gasteiger partial charge in [0.1, 0.15) is 30.9 Å². The second-order valence-corrected chi connectivity index (χ2v) is 11.4. The number of hydrogen-bond acceptors (Lipinski definition) is 11. The third kappa shape index (κ3) is 7.25. The van der Waals surface area contributed by atoms with E-state index in [1.165, 1.54) is 30.1 Å². The minimum absolute atomic E-state index is 0.00870. The molecule has 0 radical (unpaired) electrons. The smallest absolute Gasteiger partial charge is 0.407 e. The minimum atomic E-state index is -1.85. The van der Waals surface area contributed by atoms with Crippen LogP contribution in [0.1, 0.15) is 44.1 Å². The summed E-state index contributed by atoms with van der Waals surface area (Å²) in [5.41, 5.74) is 6.01. The number of rotatable bonds is 12. The fourth-order valence-electron chi connectivity index (χ4n) is 4.73. The first-order chi connectivity index (χ1) is 18.6. The molecule has 16 heteroatoms. The molecule has 3 amide bonds. The lowest BCUT2D eigenvalue weighted by Gasteiger charge is -2.31. The SMILES string of the molecule is CC(=O)ON=C(N)c1csc(CNC(=O)[C@@H]2C[C@]3(C)C[C@@H]3N2C(=O)CN(CC(O)C(O)C(O)C(C)O)C(=O)O)c1. The van der Waals surface area contributed by atoms with Crippen LogP contribution >= 0.6 is 11.3 Å². The number of amidine groups is 1. The van der Waals surface area contributed by atoms with E-state index in [9.17, 15) is 44.7 Å². The van der Waals surface area contributed by atoms with E-state index in [2.05, 4.69) is 15.3 Å². The Morgan fingerprint density at radius 3 is 2.52 bits per heavy atom. The number of piperidine rings is 1. The normalized spacial score (nSPS) is 24.9. The van der Waals surface area contributed by atoms with Crippen LogP contribution in [0, 0.1) is 5.41 Å². The van der Waals surface area contributed by atoms with Crippen LogP contribution in [0.15, 0.2) is 16.6 Å². The number of thiophene rings is 1. The topological polar surface area (TPSA) is 236 Å². The second kappa shape index (κ2) is 12.5. The van der Waals surface area contributed by atoms with E-state index in [1.54, 1.807) is 11.4 Å². The summed E-state index contributed by atoms with van der Waals surface area (Å²) in [7, 11) is 0. The van der Waals surface area contributed by atoms with Crippen LogP contribution in [-0.2, 0) is 25.8 Å². The molecule has 0 aromatic carbocycles. The molecule has 0 bridgehead atoms. The second-order valence-electron chi connectivity index (χ2n) is 10.4. The van der Waals surface area contributed by atoms with Gasteiger partial charge in [-0.3, -0.25) is 14.5 Å². The molecule has 1 aromatic rings. The van der Waals surface area contributed by atoms with E-state index in [1.807, 2.05) is 6.92 Å². The molecular weight excluding hydrogens is 550 g/mol. The van der Waals surface area contributed by atoms with Crippen molar-refractivity contribution < 1.29 is 49.5 Å². The molecule has 1 aromatic heterocycles. The molecule has 1 saturated carbocycles. The third-order valence-corrected chi connectivity index (χ3v) is 8.06. The number of likely N-dealkylation sites (tertiary alicyclic amines) is 1. The van der Waals surface area contributed by atoms with Crippen molar-refractivity contribution in [1.82, 2.24) is 15.1 Å². The molecule has 222 valence electrons. The molecule has 1 aliphatic carbocycles. The minimum Gasteiger partial charge on any atom is -0.465 e. The summed E-state index contributed by atoms with van der Waals surface area (Å²) in [6, 6.07) is 0.585. The highest BCUT2D eigenvalue weighted by Gasteiger charge is 2.64. The monoisotopic (exact) mass is 585 g/mol. The molecule has 2 aliphatic rings. The highest BCUT2D eigenvalue weighted by molar-refractivity contribution is 7.10. The predicted molar refractivity (Wildman–Crippen MR) is 140 cm³/mol. The number of carbonyl (C=O) groups excluding carboxylic acids is 3. The lowest BCUT2D eigenvalue weighted by molar-refractivity contribution is -0.141. The summed E-state index contributed by atoms with van der Waals surface area (Å²) in [4.78, 5) is 56.3. The number of nitrogens with zero attached hydrogens (tertiary/aromatic N) is 3. The zero-order valence-corrected chi connectivity index (χ0v) is 23.1. The van der Waals surface area contributed by atoms with Crippen molar-refractivity contribution >= 4 is 41.0 Å². The first-order valence-electron chi connectivity index (χ1n) is 12.5. The van der Waals surface area contributed by atoms with E-state index in [0.717, 1.165) is 4.88 Å². The van der Waals surface area contributed by atoms with Gasteiger partial charge < -0.3 is 46.3 Å². The highest BCUT2D eigenvalue weighted by atomic mass is 32.1. The first-order valence-corrected chi connectivity index (χ1v) is 13.4. The van der Waals surface area contributed by atoms with Crippen LogP contribution in [-0.4, -0.2) is 115 Å². The molecule has 1 aliphatic heterocycles. The Hall–Kier alpha value is -3.31. The van der Waals surface area contributed by atoms with Crippen LogP contribution in [0.4, 0.5) is 4.79 Å². The fraction of sp³-hybridized carbons (Fsp3) is 0.625. The number of aliphatic hydroxyl groups excluding tert-OH is 4. The summed E-state index contributed by atoms with van der Waals surface area (Å²) in [5, 5.41) is 57.0. The Balaban J connectivity index is 1.63. The largest absolute Gasteiger partial charge is 0.465 e. The van der Waals surface area contributed by atoms with Gasteiger partial charge in [0.15, 0.2) is 5.84 Å². The lowest BCUT2D eigenvalue weighted by atomic mass is 10.0. The van der Waals surface area contributed by atoms with Crippen molar-refractivity contribution in [3.8, 4) is 0 Å². The molecule has 2 heterocycles. The van der Waals surface area contributed by atoms with Crippen molar-refractivity contribution in [3.63, 3.8) is 0 Å². The zero-order chi connectivity index (χ0) is 29.9. The van der Waals surface area contributed by atoms with Crippen LogP contribution in [0.25, 0.3) is 0 Å². The van der Waals surface area contributed by atoms with Gasteiger partial charge in [0.05, 0.1) is 19.2 Å². The Bertz CT molecular complexity index is 1160. The average molecular weight is 586 g/mol. The van der Waals surface area contributed by atoms with Crippen molar-refractivity contribution in [2.75, 3.05) is 13.1 Å². The maximum absolute atomic E-state index is 13.3. The van der Waals surface area contributed by atoms with Gasteiger partial charge in [-0.2, -0.15) is 0 Å². The third-order valence-electron chi connectivity index (χ3n) is 7.13. The Labute approximate surface area is 233 Å². The van der Waals surface area contributed by atoms with Gasteiger partial charge in [-0.05, 0) is 31.2 Å². The molecule has 1 saturated heterocycles. The van der Waals surface area contributed by atoms with E-state index in [0.29, 0.717) is 23.3 Å². The van der Waals surface area contributed by atoms with Gasteiger partial charge in [-0.25, -0.2) is 9.59 Å². The quantitative estimate of drug-likeness (QED) is 0.0636. The van der Waals surface area contributed by atoms with Gasteiger partial charge in [0.25, 0.3) is 0 Å². The average Bonchev–Trinajstić information content (AvgIpc) is 3.20. The van der Waals surface area contributed by atoms with E-state index in [-0.39, 0.29) is 23.8 Å². The molecule has 0 spiro atoms. The Kier molecular flexibility index (Phi) is 9.73. The zero-order valence-electron chi connectivity index (χ0n) is 22.3. The van der Waals surface area contributed by atoms with Gasteiger partial charge in [0.2, 0.25) is 11.8 Å². The number of nitrogens with one attached hydrogen (secondary N) is 1. The van der Waals surface area contributed by atoms with Crippen LogP contribution < -0.4 is 11.1 Å². The number of carboxylic acid groups (broad SMARTS) is 1. The molecular formula is C24H35N5O10S. The highest BCUT2D eigenvalue weighted by Crippen LogP contribution is 2.59. The van der Waals surface area contributed by atoms with Crippen molar-refractivity contribution in [2.45, 2.75) is 76.7 Å². The number of fused-ring (bicyclic) bond motifs is 1. The standard InChI is InChI=1S/C24H35N5O10S/c1-11(30)19(34)20(35)16(32)8-28(23(37)38)9-18(33)29-15(5-24(3)6-17(24)29)22(36)26-7-14-4-13(10-40-14)21(25)27-39-12(2)31/h4,10-11,15-17,19-20,30,32,34-35H,5-9H2,1-3H3,(H2,25,27)(H,26,36)(H,37,38)/t11?,15-,16?,17-,19?,20?,24+/m0/s1. The maximum atomic E-state index is 13.3. The van der Waals surface area contributed by atoms with E-state index >= 15 is 0 Å². The number of aliphatic hydroxyl groups is 4. The number of amides is 3.